The average molecular weight is 251 g/mol. The van der Waals surface area contributed by atoms with Gasteiger partial charge in [-0.05, 0) is 43.0 Å². The molecule has 0 atom stereocenters. The first-order valence-corrected chi connectivity index (χ1v) is 6.67. The van der Waals surface area contributed by atoms with Crippen LogP contribution < -0.4 is 5.32 Å². The van der Waals surface area contributed by atoms with Crippen LogP contribution in [0, 0.1) is 6.92 Å². The van der Waals surface area contributed by atoms with E-state index in [1.54, 1.807) is 0 Å². The van der Waals surface area contributed by atoms with Crippen molar-refractivity contribution in [2.24, 2.45) is 0 Å². The van der Waals surface area contributed by atoms with Crippen molar-refractivity contribution in [1.29, 1.82) is 0 Å². The Labute approximate surface area is 113 Å². The Morgan fingerprint density at radius 3 is 2.37 bits per heavy atom. The van der Waals surface area contributed by atoms with E-state index in [1.165, 1.54) is 11.1 Å². The Balaban J connectivity index is 1.69. The van der Waals surface area contributed by atoms with Crippen molar-refractivity contribution < 1.29 is 4.79 Å². The molecule has 2 aromatic carbocycles. The molecule has 96 valence electrons. The highest BCUT2D eigenvalue weighted by molar-refractivity contribution is 5.94. The van der Waals surface area contributed by atoms with Crippen LogP contribution in [0.3, 0.4) is 0 Å². The van der Waals surface area contributed by atoms with E-state index in [0.717, 1.165) is 24.0 Å². The van der Waals surface area contributed by atoms with Gasteiger partial charge in [0.15, 0.2) is 0 Å². The van der Waals surface area contributed by atoms with Gasteiger partial charge in [0.2, 0.25) is 0 Å². The summed E-state index contributed by atoms with van der Waals surface area (Å²) in [4.78, 5) is 12.2. The van der Waals surface area contributed by atoms with Gasteiger partial charge in [-0.15, -0.1) is 0 Å². The van der Waals surface area contributed by atoms with E-state index in [4.69, 9.17) is 0 Å². The zero-order valence-corrected chi connectivity index (χ0v) is 11.0. The number of fused-ring (bicyclic) bond motifs is 1. The molecule has 2 heteroatoms. The minimum absolute atomic E-state index is 0.0292. The number of amides is 1. The molecule has 1 amide bonds. The zero-order valence-electron chi connectivity index (χ0n) is 11.0. The lowest BCUT2D eigenvalue weighted by atomic mass is 10.1. The fourth-order valence-corrected chi connectivity index (χ4v) is 2.72. The van der Waals surface area contributed by atoms with Gasteiger partial charge in [0, 0.05) is 11.6 Å². The molecule has 0 aromatic heterocycles. The highest BCUT2D eigenvalue weighted by Gasteiger charge is 2.22. The molecular formula is C17H17NO. The van der Waals surface area contributed by atoms with Crippen LogP contribution in [0.1, 0.15) is 27.0 Å². The molecule has 0 saturated heterocycles. The Morgan fingerprint density at radius 2 is 1.74 bits per heavy atom. The summed E-state index contributed by atoms with van der Waals surface area (Å²) in [5, 5.41) is 3.13. The summed E-state index contributed by atoms with van der Waals surface area (Å²) >= 11 is 0. The summed E-state index contributed by atoms with van der Waals surface area (Å²) in [6.07, 6.45) is 1.88. The van der Waals surface area contributed by atoms with E-state index in [2.05, 4.69) is 29.6 Å². The van der Waals surface area contributed by atoms with E-state index in [0.29, 0.717) is 0 Å². The molecule has 19 heavy (non-hydrogen) atoms. The minimum atomic E-state index is 0.0292. The lowest BCUT2D eigenvalue weighted by Crippen LogP contribution is -2.35. The molecule has 3 rings (SSSR count). The smallest absolute Gasteiger partial charge is 0.251 e. The second kappa shape index (κ2) is 4.88. The summed E-state index contributed by atoms with van der Waals surface area (Å²) in [6, 6.07) is 16.4. The van der Waals surface area contributed by atoms with Crippen molar-refractivity contribution >= 4 is 5.91 Å². The summed E-state index contributed by atoms with van der Waals surface area (Å²) < 4.78 is 0. The van der Waals surface area contributed by atoms with Crippen LogP contribution in [0.25, 0.3) is 0 Å². The molecule has 0 saturated carbocycles. The third kappa shape index (κ3) is 2.53. The number of rotatable bonds is 2. The number of hydrogen-bond donors (Lipinski definition) is 1. The number of aryl methyl sites for hydroxylation is 1. The molecular weight excluding hydrogens is 234 g/mol. The summed E-state index contributed by atoms with van der Waals surface area (Å²) in [5.74, 6) is 0.0292. The van der Waals surface area contributed by atoms with Gasteiger partial charge in [-0.1, -0.05) is 42.0 Å². The predicted octanol–water partition coefficient (Wildman–Crippen LogP) is 2.89. The molecule has 0 radical (unpaired) electrons. The highest BCUT2D eigenvalue weighted by atomic mass is 16.1. The van der Waals surface area contributed by atoms with Gasteiger partial charge < -0.3 is 5.32 Å². The number of nitrogens with one attached hydrogen (secondary N) is 1. The van der Waals surface area contributed by atoms with Gasteiger partial charge in [-0.3, -0.25) is 4.79 Å². The molecule has 1 aliphatic carbocycles. The minimum Gasteiger partial charge on any atom is -0.349 e. The topological polar surface area (TPSA) is 29.1 Å². The maximum atomic E-state index is 12.2. The Hall–Kier alpha value is -2.09. The highest BCUT2D eigenvalue weighted by Crippen LogP contribution is 2.21. The van der Waals surface area contributed by atoms with Gasteiger partial charge in [0.25, 0.3) is 5.91 Å². The monoisotopic (exact) mass is 251 g/mol. The van der Waals surface area contributed by atoms with Crippen LogP contribution in [0.2, 0.25) is 0 Å². The summed E-state index contributed by atoms with van der Waals surface area (Å²) in [6.45, 7) is 2.00. The second-order valence-electron chi connectivity index (χ2n) is 5.22. The molecule has 2 aromatic rings. The quantitative estimate of drug-likeness (QED) is 0.873. The van der Waals surface area contributed by atoms with Crippen LogP contribution in [-0.4, -0.2) is 11.9 Å². The summed E-state index contributed by atoms with van der Waals surface area (Å²) in [5.41, 5.74) is 4.58. The molecule has 1 aliphatic rings. The largest absolute Gasteiger partial charge is 0.349 e. The molecule has 0 bridgehead atoms. The lowest BCUT2D eigenvalue weighted by molar-refractivity contribution is 0.0938. The number of carbonyl (C=O) groups excluding carboxylic acids is 1. The van der Waals surface area contributed by atoms with Gasteiger partial charge in [-0.25, -0.2) is 0 Å². The van der Waals surface area contributed by atoms with Gasteiger partial charge in [0.1, 0.15) is 0 Å². The third-order valence-corrected chi connectivity index (χ3v) is 3.67. The first kappa shape index (κ1) is 12.0. The first-order chi connectivity index (χ1) is 9.22. The standard InChI is InChI=1S/C17H17NO/c1-12-5-4-8-15(9-12)17(19)18-16-10-13-6-2-3-7-14(13)11-16/h2-9,16H,10-11H2,1H3,(H,18,19). The van der Waals surface area contributed by atoms with Crippen molar-refractivity contribution in [1.82, 2.24) is 5.32 Å². The van der Waals surface area contributed by atoms with Crippen molar-refractivity contribution in [3.63, 3.8) is 0 Å². The average Bonchev–Trinajstić information content (AvgIpc) is 2.80. The number of benzene rings is 2. The molecule has 0 spiro atoms. The van der Waals surface area contributed by atoms with E-state index in [9.17, 15) is 4.79 Å². The van der Waals surface area contributed by atoms with Gasteiger partial charge in [-0.2, -0.15) is 0 Å². The zero-order chi connectivity index (χ0) is 13.2. The predicted molar refractivity (Wildman–Crippen MR) is 76.3 cm³/mol. The Morgan fingerprint density at radius 1 is 1.05 bits per heavy atom. The molecule has 0 fully saturated rings. The molecule has 2 nitrogen and oxygen atoms in total. The van der Waals surface area contributed by atoms with Crippen molar-refractivity contribution in [3.05, 3.63) is 70.8 Å². The molecule has 0 aliphatic heterocycles. The Bertz CT molecular complexity index is 593. The summed E-state index contributed by atoms with van der Waals surface area (Å²) in [7, 11) is 0. The van der Waals surface area contributed by atoms with Crippen molar-refractivity contribution in [3.8, 4) is 0 Å². The van der Waals surface area contributed by atoms with E-state index < -0.39 is 0 Å². The van der Waals surface area contributed by atoms with Gasteiger partial charge >= 0.3 is 0 Å². The van der Waals surface area contributed by atoms with E-state index in [-0.39, 0.29) is 11.9 Å². The third-order valence-electron chi connectivity index (χ3n) is 3.67. The fourth-order valence-electron chi connectivity index (χ4n) is 2.72. The lowest BCUT2D eigenvalue weighted by Gasteiger charge is -2.12. The van der Waals surface area contributed by atoms with Gasteiger partial charge in [0.05, 0.1) is 0 Å². The maximum Gasteiger partial charge on any atom is 0.251 e. The molecule has 1 N–H and O–H groups in total. The molecule has 0 heterocycles. The molecule has 0 unspecified atom stereocenters. The maximum absolute atomic E-state index is 12.2. The number of hydrogen-bond acceptors (Lipinski definition) is 1. The van der Waals surface area contributed by atoms with Crippen LogP contribution in [-0.2, 0) is 12.8 Å². The van der Waals surface area contributed by atoms with Crippen LogP contribution in [0.4, 0.5) is 0 Å². The SMILES string of the molecule is Cc1cccc(C(=O)NC2Cc3ccccc3C2)c1. The van der Waals surface area contributed by atoms with Crippen LogP contribution >= 0.6 is 0 Å². The fraction of sp³-hybridized carbons (Fsp3) is 0.235. The van der Waals surface area contributed by atoms with E-state index in [1.807, 2.05) is 31.2 Å². The Kier molecular flexibility index (Phi) is 3.08. The van der Waals surface area contributed by atoms with Crippen molar-refractivity contribution in [2.75, 3.05) is 0 Å². The van der Waals surface area contributed by atoms with Crippen LogP contribution in [0.15, 0.2) is 48.5 Å². The van der Waals surface area contributed by atoms with Crippen LogP contribution in [0.5, 0.6) is 0 Å². The first-order valence-electron chi connectivity index (χ1n) is 6.67. The van der Waals surface area contributed by atoms with E-state index >= 15 is 0 Å². The van der Waals surface area contributed by atoms with Crippen molar-refractivity contribution in [2.45, 2.75) is 25.8 Å². The second-order valence-corrected chi connectivity index (χ2v) is 5.22. The number of carbonyl (C=O) groups is 1. The normalized spacial score (nSPS) is 14.2.